The Morgan fingerprint density at radius 3 is 2.73 bits per heavy atom. The molecule has 2 saturated carbocycles. The van der Waals surface area contributed by atoms with Crippen molar-refractivity contribution in [3.63, 3.8) is 0 Å². The highest BCUT2D eigenvalue weighted by Crippen LogP contribution is 2.47. The summed E-state index contributed by atoms with van der Waals surface area (Å²) in [5, 5.41) is 3.25. The van der Waals surface area contributed by atoms with Crippen LogP contribution in [0.3, 0.4) is 0 Å². The molecular formula is C16H21F2N3O. The predicted octanol–water partition coefficient (Wildman–Crippen LogP) is 2.99. The van der Waals surface area contributed by atoms with Crippen LogP contribution in [0.5, 0.6) is 5.75 Å². The predicted molar refractivity (Wildman–Crippen MR) is 81.2 cm³/mol. The first-order valence-electron chi connectivity index (χ1n) is 7.77. The molecule has 2 aliphatic carbocycles. The molecule has 0 aliphatic heterocycles. The zero-order valence-electron chi connectivity index (χ0n) is 12.3. The van der Waals surface area contributed by atoms with Gasteiger partial charge in [0, 0.05) is 12.0 Å². The van der Waals surface area contributed by atoms with Crippen LogP contribution in [0.15, 0.2) is 29.3 Å². The molecule has 120 valence electrons. The van der Waals surface area contributed by atoms with E-state index in [4.69, 9.17) is 5.73 Å². The highest BCUT2D eigenvalue weighted by Gasteiger charge is 2.40. The third-order valence-corrected chi connectivity index (χ3v) is 4.30. The fraction of sp³-hybridized carbons (Fsp3) is 0.562. The van der Waals surface area contributed by atoms with Crippen LogP contribution in [0.2, 0.25) is 0 Å². The minimum absolute atomic E-state index is 0.0522. The van der Waals surface area contributed by atoms with Crippen LogP contribution in [0.4, 0.5) is 8.78 Å². The molecule has 3 rings (SSSR count). The van der Waals surface area contributed by atoms with Crippen LogP contribution in [-0.2, 0) is 0 Å². The van der Waals surface area contributed by atoms with Crippen LogP contribution in [0.25, 0.3) is 0 Å². The van der Waals surface area contributed by atoms with Crippen molar-refractivity contribution in [2.75, 3.05) is 0 Å². The molecule has 0 spiro atoms. The Hall–Kier alpha value is -1.85. The van der Waals surface area contributed by atoms with E-state index in [1.807, 2.05) is 12.1 Å². The summed E-state index contributed by atoms with van der Waals surface area (Å²) in [4.78, 5) is 4.47. The highest BCUT2D eigenvalue weighted by molar-refractivity contribution is 5.78. The number of aliphatic imine (C=N–C) groups is 1. The molecule has 1 aromatic carbocycles. The second-order valence-electron chi connectivity index (χ2n) is 5.97. The number of alkyl halides is 2. The lowest BCUT2D eigenvalue weighted by molar-refractivity contribution is -0.0504. The van der Waals surface area contributed by atoms with Crippen molar-refractivity contribution >= 4 is 5.96 Å². The first-order chi connectivity index (χ1) is 10.6. The average molecular weight is 309 g/mol. The number of rotatable bonds is 5. The van der Waals surface area contributed by atoms with E-state index in [0.717, 1.165) is 24.8 Å². The largest absolute Gasteiger partial charge is 0.435 e. The lowest BCUT2D eigenvalue weighted by Crippen LogP contribution is -2.38. The highest BCUT2D eigenvalue weighted by atomic mass is 19.3. The summed E-state index contributed by atoms with van der Waals surface area (Å²) >= 11 is 0. The number of para-hydroxylation sites is 1. The van der Waals surface area contributed by atoms with Crippen molar-refractivity contribution in [3.05, 3.63) is 29.8 Å². The number of nitrogens with one attached hydrogen (secondary N) is 1. The van der Waals surface area contributed by atoms with Crippen molar-refractivity contribution in [2.45, 2.75) is 56.7 Å². The first kappa shape index (κ1) is 15.1. The SMILES string of the molecule is NC(=N[C@H]1C[C@@H]1c1ccccc1OC(F)F)NC1CCCC1. The van der Waals surface area contributed by atoms with E-state index in [-0.39, 0.29) is 17.7 Å². The van der Waals surface area contributed by atoms with E-state index >= 15 is 0 Å². The van der Waals surface area contributed by atoms with Crippen molar-refractivity contribution in [1.29, 1.82) is 0 Å². The van der Waals surface area contributed by atoms with Crippen LogP contribution in [0.1, 0.15) is 43.6 Å². The maximum atomic E-state index is 12.4. The van der Waals surface area contributed by atoms with Crippen molar-refractivity contribution in [3.8, 4) is 5.75 Å². The molecule has 2 aliphatic rings. The Labute approximate surface area is 128 Å². The van der Waals surface area contributed by atoms with Crippen LogP contribution < -0.4 is 15.8 Å². The molecule has 2 atom stereocenters. The topological polar surface area (TPSA) is 59.6 Å². The van der Waals surface area contributed by atoms with E-state index in [1.54, 1.807) is 12.1 Å². The van der Waals surface area contributed by atoms with Crippen molar-refractivity contribution in [1.82, 2.24) is 5.32 Å². The van der Waals surface area contributed by atoms with Gasteiger partial charge in [0.2, 0.25) is 0 Å². The summed E-state index contributed by atoms with van der Waals surface area (Å²) < 4.78 is 29.5. The Kier molecular flexibility index (Phi) is 4.45. The van der Waals surface area contributed by atoms with Gasteiger partial charge < -0.3 is 15.8 Å². The molecular weight excluding hydrogens is 288 g/mol. The van der Waals surface area contributed by atoms with Crippen LogP contribution in [0, 0.1) is 0 Å². The summed E-state index contributed by atoms with van der Waals surface area (Å²) in [6.07, 6.45) is 5.55. The Bertz CT molecular complexity index is 544. The van der Waals surface area contributed by atoms with E-state index in [1.165, 1.54) is 12.8 Å². The zero-order chi connectivity index (χ0) is 15.5. The maximum Gasteiger partial charge on any atom is 0.387 e. The minimum Gasteiger partial charge on any atom is -0.435 e. The van der Waals surface area contributed by atoms with Gasteiger partial charge in [-0.25, -0.2) is 4.99 Å². The molecule has 1 aromatic rings. The molecule has 0 heterocycles. The molecule has 22 heavy (non-hydrogen) atoms. The molecule has 0 bridgehead atoms. The number of hydrogen-bond donors (Lipinski definition) is 2. The van der Waals surface area contributed by atoms with Gasteiger partial charge >= 0.3 is 6.61 Å². The molecule has 2 fully saturated rings. The molecule has 4 nitrogen and oxygen atoms in total. The Morgan fingerprint density at radius 2 is 2.00 bits per heavy atom. The number of benzene rings is 1. The molecule has 0 aromatic heterocycles. The van der Waals surface area contributed by atoms with Crippen molar-refractivity contribution in [2.24, 2.45) is 10.7 Å². The number of hydrogen-bond acceptors (Lipinski definition) is 2. The van der Waals surface area contributed by atoms with Gasteiger partial charge in [-0.2, -0.15) is 8.78 Å². The number of nitrogens with two attached hydrogens (primary N) is 1. The van der Waals surface area contributed by atoms with E-state index < -0.39 is 6.61 Å². The number of guanidine groups is 1. The summed E-state index contributed by atoms with van der Waals surface area (Å²) in [7, 11) is 0. The maximum absolute atomic E-state index is 12.4. The monoisotopic (exact) mass is 309 g/mol. The van der Waals surface area contributed by atoms with Crippen LogP contribution in [-0.4, -0.2) is 24.7 Å². The second kappa shape index (κ2) is 6.50. The van der Waals surface area contributed by atoms with Crippen molar-refractivity contribution < 1.29 is 13.5 Å². The molecule has 0 saturated heterocycles. The van der Waals surface area contributed by atoms with Gasteiger partial charge in [0.25, 0.3) is 0 Å². The standard InChI is InChI=1S/C16H21F2N3O/c17-15(18)22-14-8-4-3-7-11(14)12-9-13(12)21-16(19)20-10-5-1-2-6-10/h3-4,7-8,10,12-13,15H,1-2,5-6,9H2,(H3,19,20,21)/t12-,13+/m1/s1. The van der Waals surface area contributed by atoms with Gasteiger partial charge in [-0.05, 0) is 30.9 Å². The summed E-state index contributed by atoms with van der Waals surface area (Å²) in [6.45, 7) is -2.81. The molecule has 6 heteroatoms. The van der Waals surface area contributed by atoms with Gasteiger partial charge in [0.1, 0.15) is 5.75 Å². The molecule has 0 amide bonds. The fourth-order valence-electron chi connectivity index (χ4n) is 3.14. The van der Waals surface area contributed by atoms with E-state index in [9.17, 15) is 8.78 Å². The van der Waals surface area contributed by atoms with Gasteiger partial charge in [0.15, 0.2) is 5.96 Å². The van der Waals surface area contributed by atoms with Gasteiger partial charge in [0.05, 0.1) is 6.04 Å². The van der Waals surface area contributed by atoms with Crippen LogP contribution >= 0.6 is 0 Å². The molecule has 3 N–H and O–H groups in total. The number of nitrogens with zero attached hydrogens (tertiary/aromatic N) is 1. The average Bonchev–Trinajstić information content (AvgIpc) is 3.02. The van der Waals surface area contributed by atoms with E-state index in [0.29, 0.717) is 12.0 Å². The molecule has 0 unspecified atom stereocenters. The normalized spacial score (nSPS) is 25.5. The number of halogens is 2. The second-order valence-corrected chi connectivity index (χ2v) is 5.97. The zero-order valence-corrected chi connectivity index (χ0v) is 12.3. The van der Waals surface area contributed by atoms with Gasteiger partial charge in [-0.3, -0.25) is 0 Å². The smallest absolute Gasteiger partial charge is 0.387 e. The Balaban J connectivity index is 1.61. The summed E-state index contributed by atoms with van der Waals surface area (Å²) in [6, 6.07) is 7.39. The Morgan fingerprint density at radius 1 is 1.27 bits per heavy atom. The quantitative estimate of drug-likeness (QED) is 0.649. The fourth-order valence-corrected chi connectivity index (χ4v) is 3.14. The molecule has 0 radical (unpaired) electrons. The summed E-state index contributed by atoms with van der Waals surface area (Å²) in [5.41, 5.74) is 6.72. The first-order valence-corrected chi connectivity index (χ1v) is 7.77. The lowest BCUT2D eigenvalue weighted by atomic mass is 10.1. The summed E-state index contributed by atoms with van der Waals surface area (Å²) in [5.74, 6) is 0.813. The third kappa shape index (κ3) is 3.67. The van der Waals surface area contributed by atoms with E-state index in [2.05, 4.69) is 15.0 Å². The van der Waals surface area contributed by atoms with Gasteiger partial charge in [-0.1, -0.05) is 31.0 Å². The third-order valence-electron chi connectivity index (χ3n) is 4.30. The van der Waals surface area contributed by atoms with Gasteiger partial charge in [-0.15, -0.1) is 0 Å². The number of ether oxygens (including phenoxy) is 1. The lowest BCUT2D eigenvalue weighted by Gasteiger charge is -2.12. The minimum atomic E-state index is -2.81.